The molecule has 25 heavy (non-hydrogen) atoms. The van der Waals surface area contributed by atoms with Crippen molar-refractivity contribution in [2.24, 2.45) is 7.05 Å². The van der Waals surface area contributed by atoms with E-state index in [1.54, 1.807) is 0 Å². The van der Waals surface area contributed by atoms with E-state index in [2.05, 4.69) is 38.4 Å². The number of aromatic amines is 2. The number of hydrogen-bond donors (Lipinski definition) is 2. The highest BCUT2D eigenvalue weighted by atomic mass is 15.1. The molecule has 0 fully saturated rings. The first-order valence-corrected chi connectivity index (χ1v) is 8.12. The van der Waals surface area contributed by atoms with Crippen LogP contribution in [0.5, 0.6) is 0 Å². The van der Waals surface area contributed by atoms with Crippen LogP contribution in [0.25, 0.3) is 44.7 Å². The standard InChI is InChI=1S/C19H16N6/c1-11-20-10-17(25(11)2)14-7-8-15-18(22-14)19(24-23-15)16-9-12-5-3-4-6-13(12)21-16/h3-10,21H,1-2H3,(H,23,24). The molecule has 122 valence electrons. The topological polar surface area (TPSA) is 75.2 Å². The Morgan fingerprint density at radius 2 is 1.92 bits per heavy atom. The summed E-state index contributed by atoms with van der Waals surface area (Å²) in [5.74, 6) is 0.958. The number of pyridine rings is 1. The lowest BCUT2D eigenvalue weighted by atomic mass is 10.2. The first-order chi connectivity index (χ1) is 12.2. The number of benzene rings is 1. The van der Waals surface area contributed by atoms with Gasteiger partial charge in [0.1, 0.15) is 17.0 Å². The molecule has 0 amide bonds. The van der Waals surface area contributed by atoms with E-state index in [1.807, 2.05) is 49.0 Å². The highest BCUT2D eigenvalue weighted by Gasteiger charge is 2.14. The summed E-state index contributed by atoms with van der Waals surface area (Å²) in [5, 5.41) is 8.72. The minimum absolute atomic E-state index is 0.826. The second kappa shape index (κ2) is 5.04. The number of aryl methyl sites for hydroxylation is 1. The summed E-state index contributed by atoms with van der Waals surface area (Å²) in [5.41, 5.74) is 6.51. The van der Waals surface area contributed by atoms with Gasteiger partial charge < -0.3 is 9.55 Å². The summed E-state index contributed by atoms with van der Waals surface area (Å²) in [6, 6.07) is 14.3. The van der Waals surface area contributed by atoms with Gasteiger partial charge in [0.2, 0.25) is 0 Å². The van der Waals surface area contributed by atoms with Crippen LogP contribution in [0.3, 0.4) is 0 Å². The molecule has 0 spiro atoms. The molecule has 0 atom stereocenters. The van der Waals surface area contributed by atoms with Gasteiger partial charge in [0.25, 0.3) is 0 Å². The van der Waals surface area contributed by atoms with Gasteiger partial charge in [0, 0.05) is 18.0 Å². The van der Waals surface area contributed by atoms with E-state index in [0.717, 1.165) is 50.5 Å². The third kappa shape index (κ3) is 2.07. The van der Waals surface area contributed by atoms with E-state index in [1.165, 1.54) is 0 Å². The van der Waals surface area contributed by atoms with Crippen molar-refractivity contribution in [3.63, 3.8) is 0 Å². The Kier molecular flexibility index (Phi) is 2.82. The van der Waals surface area contributed by atoms with E-state index in [0.29, 0.717) is 0 Å². The molecule has 5 rings (SSSR count). The van der Waals surface area contributed by atoms with Crippen molar-refractivity contribution in [3.05, 3.63) is 54.5 Å². The molecule has 5 aromatic rings. The molecule has 4 heterocycles. The molecular formula is C19H16N6. The van der Waals surface area contributed by atoms with Gasteiger partial charge in [-0.1, -0.05) is 18.2 Å². The highest BCUT2D eigenvalue weighted by molar-refractivity contribution is 5.94. The van der Waals surface area contributed by atoms with Crippen LogP contribution in [0.4, 0.5) is 0 Å². The first-order valence-electron chi connectivity index (χ1n) is 8.12. The van der Waals surface area contributed by atoms with Crippen LogP contribution in [0, 0.1) is 6.92 Å². The number of imidazole rings is 1. The average molecular weight is 328 g/mol. The summed E-state index contributed by atoms with van der Waals surface area (Å²) < 4.78 is 2.04. The first kappa shape index (κ1) is 14.0. The van der Waals surface area contributed by atoms with Crippen LogP contribution in [0.1, 0.15) is 5.82 Å². The van der Waals surface area contributed by atoms with Crippen molar-refractivity contribution in [1.29, 1.82) is 0 Å². The van der Waals surface area contributed by atoms with E-state index < -0.39 is 0 Å². The van der Waals surface area contributed by atoms with Crippen LogP contribution in [0.2, 0.25) is 0 Å². The fourth-order valence-corrected chi connectivity index (χ4v) is 3.17. The Morgan fingerprint density at radius 1 is 1.04 bits per heavy atom. The summed E-state index contributed by atoms with van der Waals surface area (Å²) in [7, 11) is 2.00. The number of nitrogens with zero attached hydrogens (tertiary/aromatic N) is 4. The summed E-state index contributed by atoms with van der Waals surface area (Å²) >= 11 is 0. The van der Waals surface area contributed by atoms with Crippen molar-refractivity contribution in [3.8, 4) is 22.8 Å². The molecule has 1 aromatic carbocycles. The number of nitrogens with one attached hydrogen (secondary N) is 2. The molecule has 6 heteroatoms. The Labute approximate surface area is 143 Å². The number of H-pyrrole nitrogens is 2. The predicted octanol–water partition coefficient (Wildman–Crippen LogP) is 3.82. The molecule has 0 saturated carbocycles. The van der Waals surface area contributed by atoms with Crippen LogP contribution < -0.4 is 0 Å². The SMILES string of the molecule is Cc1ncc(-c2ccc3[nH]nc(-c4cc5ccccc5[nH]4)c3n2)n1C. The molecule has 0 unspecified atom stereocenters. The van der Waals surface area contributed by atoms with Crippen molar-refractivity contribution >= 4 is 21.9 Å². The number of fused-ring (bicyclic) bond motifs is 2. The fourth-order valence-electron chi connectivity index (χ4n) is 3.17. The summed E-state index contributed by atoms with van der Waals surface area (Å²) in [6.07, 6.45) is 1.85. The normalized spacial score (nSPS) is 11.6. The molecule has 0 aliphatic heterocycles. The molecule has 0 saturated heterocycles. The van der Waals surface area contributed by atoms with Crippen molar-refractivity contribution < 1.29 is 0 Å². The third-order valence-corrected chi connectivity index (χ3v) is 4.68. The molecule has 0 bridgehead atoms. The van der Waals surface area contributed by atoms with Gasteiger partial charge in [-0.05, 0) is 31.2 Å². The Morgan fingerprint density at radius 3 is 2.72 bits per heavy atom. The maximum atomic E-state index is 4.85. The second-order valence-electron chi connectivity index (χ2n) is 6.18. The zero-order chi connectivity index (χ0) is 17.0. The van der Waals surface area contributed by atoms with Crippen LogP contribution in [-0.2, 0) is 7.05 Å². The largest absolute Gasteiger partial charge is 0.353 e. The average Bonchev–Trinajstić information content (AvgIpc) is 3.31. The van der Waals surface area contributed by atoms with Gasteiger partial charge >= 0.3 is 0 Å². The zero-order valence-electron chi connectivity index (χ0n) is 13.9. The number of aromatic nitrogens is 6. The minimum atomic E-state index is 0.826. The van der Waals surface area contributed by atoms with Gasteiger partial charge in [-0.2, -0.15) is 5.10 Å². The van der Waals surface area contributed by atoms with Crippen LogP contribution >= 0.6 is 0 Å². The molecule has 0 radical (unpaired) electrons. The van der Waals surface area contributed by atoms with Crippen molar-refractivity contribution in [2.45, 2.75) is 6.92 Å². The van der Waals surface area contributed by atoms with E-state index in [9.17, 15) is 0 Å². The van der Waals surface area contributed by atoms with E-state index >= 15 is 0 Å². The van der Waals surface area contributed by atoms with Crippen LogP contribution in [-0.4, -0.2) is 29.7 Å². The van der Waals surface area contributed by atoms with Crippen molar-refractivity contribution in [1.82, 2.24) is 29.7 Å². The molecule has 4 aromatic heterocycles. The summed E-state index contributed by atoms with van der Waals surface area (Å²) in [6.45, 7) is 1.98. The van der Waals surface area contributed by atoms with Gasteiger partial charge in [-0.25, -0.2) is 9.97 Å². The minimum Gasteiger partial charge on any atom is -0.353 e. The Balaban J connectivity index is 1.71. The van der Waals surface area contributed by atoms with Gasteiger partial charge in [-0.15, -0.1) is 0 Å². The van der Waals surface area contributed by atoms with Gasteiger partial charge in [0.05, 0.1) is 28.8 Å². The number of rotatable bonds is 2. The number of hydrogen-bond acceptors (Lipinski definition) is 3. The molecule has 2 N–H and O–H groups in total. The third-order valence-electron chi connectivity index (χ3n) is 4.68. The molecule has 0 aliphatic rings. The molecular weight excluding hydrogens is 312 g/mol. The Bertz CT molecular complexity index is 1190. The predicted molar refractivity (Wildman–Crippen MR) is 98.1 cm³/mol. The maximum absolute atomic E-state index is 4.85. The van der Waals surface area contributed by atoms with Gasteiger partial charge in [0.15, 0.2) is 0 Å². The zero-order valence-corrected chi connectivity index (χ0v) is 13.9. The van der Waals surface area contributed by atoms with Crippen molar-refractivity contribution in [2.75, 3.05) is 0 Å². The monoisotopic (exact) mass is 328 g/mol. The quantitative estimate of drug-likeness (QED) is 0.517. The Hall–Kier alpha value is -3.41. The fraction of sp³-hybridized carbons (Fsp3) is 0.105. The highest BCUT2D eigenvalue weighted by Crippen LogP contribution is 2.29. The smallest absolute Gasteiger partial charge is 0.135 e. The van der Waals surface area contributed by atoms with E-state index in [-0.39, 0.29) is 0 Å². The van der Waals surface area contributed by atoms with Gasteiger partial charge in [-0.3, -0.25) is 5.10 Å². The maximum Gasteiger partial charge on any atom is 0.135 e. The number of para-hydroxylation sites is 1. The lowest BCUT2D eigenvalue weighted by Crippen LogP contribution is -1.96. The molecule has 0 aliphatic carbocycles. The second-order valence-corrected chi connectivity index (χ2v) is 6.18. The van der Waals surface area contributed by atoms with E-state index in [4.69, 9.17) is 4.98 Å². The summed E-state index contributed by atoms with van der Waals surface area (Å²) in [4.78, 5) is 12.6. The van der Waals surface area contributed by atoms with Crippen LogP contribution in [0.15, 0.2) is 48.7 Å². The lowest BCUT2D eigenvalue weighted by Gasteiger charge is -2.03. The lowest BCUT2D eigenvalue weighted by molar-refractivity contribution is 0.862. The molecule has 6 nitrogen and oxygen atoms in total.